The third-order valence-electron chi connectivity index (χ3n) is 3.90. The van der Waals surface area contributed by atoms with E-state index in [2.05, 4.69) is 20.3 Å². The van der Waals surface area contributed by atoms with Crippen molar-refractivity contribution >= 4 is 23.3 Å². The number of ether oxygens (including phenoxy) is 1. The van der Waals surface area contributed by atoms with E-state index in [1.54, 1.807) is 44.4 Å². The van der Waals surface area contributed by atoms with Crippen molar-refractivity contribution in [3.8, 4) is 11.3 Å². The number of aryl methyl sites for hydroxylation is 1. The minimum atomic E-state index is -0.542. The van der Waals surface area contributed by atoms with Gasteiger partial charge in [-0.1, -0.05) is 6.07 Å². The lowest BCUT2D eigenvalue weighted by Crippen LogP contribution is -2.10. The lowest BCUT2D eigenvalue weighted by molar-refractivity contribution is -0.384. The normalized spacial score (nSPS) is 10.4. The molecule has 1 aromatic carbocycles. The van der Waals surface area contributed by atoms with Crippen LogP contribution in [-0.4, -0.2) is 32.5 Å². The number of carbonyl (C=O) groups is 1. The van der Waals surface area contributed by atoms with Crippen LogP contribution >= 0.6 is 0 Å². The molecule has 9 heteroatoms. The van der Waals surface area contributed by atoms with Gasteiger partial charge in [0.25, 0.3) is 5.69 Å². The average molecular weight is 379 g/mol. The summed E-state index contributed by atoms with van der Waals surface area (Å²) in [6.07, 6.45) is 4.55. The van der Waals surface area contributed by atoms with Crippen LogP contribution in [0.2, 0.25) is 0 Å². The molecule has 0 radical (unpaired) electrons. The molecular formula is C19H17N5O4. The predicted octanol–water partition coefficient (Wildman–Crippen LogP) is 3.68. The first-order chi connectivity index (χ1) is 13.5. The summed E-state index contributed by atoms with van der Waals surface area (Å²) in [6, 6.07) is 7.95. The molecule has 9 nitrogen and oxygen atoms in total. The Morgan fingerprint density at radius 3 is 2.79 bits per heavy atom. The zero-order valence-corrected chi connectivity index (χ0v) is 15.2. The first-order valence-corrected chi connectivity index (χ1v) is 8.46. The number of pyridine rings is 1. The highest BCUT2D eigenvalue weighted by atomic mass is 16.6. The van der Waals surface area contributed by atoms with E-state index in [0.29, 0.717) is 16.9 Å². The van der Waals surface area contributed by atoms with Gasteiger partial charge in [-0.15, -0.1) is 0 Å². The Bertz CT molecular complexity index is 1020. The Morgan fingerprint density at radius 1 is 1.29 bits per heavy atom. The van der Waals surface area contributed by atoms with Crippen molar-refractivity contribution in [2.45, 2.75) is 13.8 Å². The van der Waals surface area contributed by atoms with Crippen LogP contribution < -0.4 is 5.32 Å². The van der Waals surface area contributed by atoms with Crippen molar-refractivity contribution in [2.24, 2.45) is 0 Å². The van der Waals surface area contributed by atoms with Gasteiger partial charge >= 0.3 is 5.97 Å². The molecule has 2 aromatic heterocycles. The summed E-state index contributed by atoms with van der Waals surface area (Å²) in [5.41, 5.74) is 2.40. The zero-order valence-electron chi connectivity index (χ0n) is 15.2. The first kappa shape index (κ1) is 18.9. The predicted molar refractivity (Wildman–Crippen MR) is 102 cm³/mol. The fourth-order valence-corrected chi connectivity index (χ4v) is 2.50. The Labute approximate surface area is 160 Å². The van der Waals surface area contributed by atoms with E-state index in [-0.39, 0.29) is 23.8 Å². The summed E-state index contributed by atoms with van der Waals surface area (Å²) in [4.78, 5) is 35.5. The number of nitrogens with one attached hydrogen (secondary N) is 1. The maximum Gasteiger partial charge on any atom is 0.341 e. The number of nitro groups is 1. The van der Waals surface area contributed by atoms with Crippen LogP contribution in [-0.2, 0) is 4.74 Å². The highest BCUT2D eigenvalue weighted by Crippen LogP contribution is 2.27. The summed E-state index contributed by atoms with van der Waals surface area (Å²) < 4.78 is 5.07. The van der Waals surface area contributed by atoms with E-state index >= 15 is 0 Å². The Balaban J connectivity index is 2.03. The van der Waals surface area contributed by atoms with Crippen molar-refractivity contribution in [3.05, 3.63) is 70.2 Å². The molecule has 0 saturated carbocycles. The van der Waals surface area contributed by atoms with Crippen LogP contribution in [0.3, 0.4) is 0 Å². The highest BCUT2D eigenvalue weighted by Gasteiger charge is 2.18. The molecule has 28 heavy (non-hydrogen) atoms. The molecule has 0 aliphatic rings. The monoisotopic (exact) mass is 379 g/mol. The molecule has 0 aliphatic carbocycles. The van der Waals surface area contributed by atoms with Crippen LogP contribution in [0.5, 0.6) is 0 Å². The zero-order chi connectivity index (χ0) is 20.1. The SMILES string of the molecule is CCOC(=O)c1cnc(Nc2cc([N+](=O)[O-])ccc2C)nc1-c1cccnc1. The molecule has 2 heterocycles. The van der Waals surface area contributed by atoms with Gasteiger partial charge in [0, 0.05) is 36.3 Å². The molecule has 1 N–H and O–H groups in total. The molecule has 0 bridgehead atoms. The summed E-state index contributed by atoms with van der Waals surface area (Å²) in [7, 11) is 0. The van der Waals surface area contributed by atoms with Gasteiger partial charge < -0.3 is 10.1 Å². The van der Waals surface area contributed by atoms with Crippen LogP contribution in [0.1, 0.15) is 22.8 Å². The van der Waals surface area contributed by atoms with Crippen molar-refractivity contribution in [2.75, 3.05) is 11.9 Å². The molecule has 0 unspecified atom stereocenters. The van der Waals surface area contributed by atoms with E-state index in [1.165, 1.54) is 18.3 Å². The van der Waals surface area contributed by atoms with Gasteiger partial charge in [-0.25, -0.2) is 14.8 Å². The third kappa shape index (κ3) is 4.09. The topological polar surface area (TPSA) is 120 Å². The largest absolute Gasteiger partial charge is 0.462 e. The molecule has 0 atom stereocenters. The quantitative estimate of drug-likeness (QED) is 0.391. The second-order valence-corrected chi connectivity index (χ2v) is 5.80. The Morgan fingerprint density at radius 2 is 2.11 bits per heavy atom. The van der Waals surface area contributed by atoms with Gasteiger partial charge in [0.05, 0.1) is 22.9 Å². The number of benzene rings is 1. The van der Waals surface area contributed by atoms with Crippen LogP contribution in [0.25, 0.3) is 11.3 Å². The first-order valence-electron chi connectivity index (χ1n) is 8.46. The van der Waals surface area contributed by atoms with Gasteiger partial charge in [-0.3, -0.25) is 15.1 Å². The Kier molecular flexibility index (Phi) is 5.54. The molecule has 3 aromatic rings. The van der Waals surface area contributed by atoms with E-state index in [1.807, 2.05) is 0 Å². The number of anilines is 2. The van der Waals surface area contributed by atoms with Gasteiger partial charge in [0.15, 0.2) is 0 Å². The molecular weight excluding hydrogens is 362 g/mol. The van der Waals surface area contributed by atoms with Gasteiger partial charge in [-0.05, 0) is 31.5 Å². The minimum Gasteiger partial charge on any atom is -0.462 e. The summed E-state index contributed by atoms with van der Waals surface area (Å²) in [5.74, 6) is -0.352. The fourth-order valence-electron chi connectivity index (χ4n) is 2.50. The second kappa shape index (κ2) is 8.21. The van der Waals surface area contributed by atoms with Gasteiger partial charge in [-0.2, -0.15) is 0 Å². The molecule has 3 rings (SSSR count). The van der Waals surface area contributed by atoms with E-state index in [4.69, 9.17) is 4.74 Å². The summed E-state index contributed by atoms with van der Waals surface area (Å²) in [5, 5.41) is 14.0. The van der Waals surface area contributed by atoms with Crippen LogP contribution in [0.15, 0.2) is 48.9 Å². The molecule has 0 spiro atoms. The number of non-ortho nitro benzene ring substituents is 1. The average Bonchev–Trinajstić information content (AvgIpc) is 2.70. The maximum absolute atomic E-state index is 12.3. The molecule has 0 fully saturated rings. The Hall–Kier alpha value is -3.88. The van der Waals surface area contributed by atoms with Crippen molar-refractivity contribution in [3.63, 3.8) is 0 Å². The van der Waals surface area contributed by atoms with Crippen molar-refractivity contribution < 1.29 is 14.5 Å². The summed E-state index contributed by atoms with van der Waals surface area (Å²) in [6.45, 7) is 3.74. The highest BCUT2D eigenvalue weighted by molar-refractivity contribution is 5.96. The number of nitro benzene ring substituents is 1. The van der Waals surface area contributed by atoms with Crippen LogP contribution in [0, 0.1) is 17.0 Å². The van der Waals surface area contributed by atoms with Gasteiger partial charge in [0.2, 0.25) is 5.95 Å². The van der Waals surface area contributed by atoms with E-state index in [0.717, 1.165) is 5.56 Å². The molecule has 0 saturated heterocycles. The number of rotatable bonds is 6. The number of aromatic nitrogens is 3. The van der Waals surface area contributed by atoms with E-state index < -0.39 is 10.9 Å². The third-order valence-corrected chi connectivity index (χ3v) is 3.90. The number of hydrogen-bond acceptors (Lipinski definition) is 8. The van der Waals surface area contributed by atoms with Gasteiger partial charge in [0.1, 0.15) is 5.56 Å². The summed E-state index contributed by atoms with van der Waals surface area (Å²) >= 11 is 0. The number of carbonyl (C=O) groups excluding carboxylic acids is 1. The second-order valence-electron chi connectivity index (χ2n) is 5.80. The molecule has 0 amide bonds. The number of esters is 1. The minimum absolute atomic E-state index is 0.0521. The fraction of sp³-hybridized carbons (Fsp3) is 0.158. The lowest BCUT2D eigenvalue weighted by Gasteiger charge is -2.12. The maximum atomic E-state index is 12.3. The lowest BCUT2D eigenvalue weighted by atomic mass is 10.1. The standard InChI is InChI=1S/C19H17N5O4/c1-3-28-18(25)15-11-21-19(23-17(15)13-5-4-8-20-10-13)22-16-9-14(24(26)27)7-6-12(16)2/h4-11H,3H2,1-2H3,(H,21,22,23). The molecule has 0 aliphatic heterocycles. The van der Waals surface area contributed by atoms with E-state index in [9.17, 15) is 14.9 Å². The van der Waals surface area contributed by atoms with Crippen molar-refractivity contribution in [1.29, 1.82) is 0 Å². The number of nitrogens with zero attached hydrogens (tertiary/aromatic N) is 4. The smallest absolute Gasteiger partial charge is 0.341 e. The van der Waals surface area contributed by atoms with Crippen LogP contribution in [0.4, 0.5) is 17.3 Å². The van der Waals surface area contributed by atoms with Crippen molar-refractivity contribution in [1.82, 2.24) is 15.0 Å². The number of hydrogen-bond donors (Lipinski definition) is 1. The molecule has 142 valence electrons.